The minimum Gasteiger partial charge on any atom is -0.332 e. The maximum atomic E-state index is 12.9. The molecule has 1 aliphatic carbocycles. The number of benzene rings is 1. The highest BCUT2D eigenvalue weighted by molar-refractivity contribution is 5.80. The summed E-state index contributed by atoms with van der Waals surface area (Å²) in [6.45, 7) is 3.37. The number of nitrogens with zero attached hydrogens (tertiary/aromatic N) is 4. The number of hydrogen-bond acceptors (Lipinski definition) is 2. The van der Waals surface area contributed by atoms with Crippen molar-refractivity contribution in [3.8, 4) is 11.5 Å². The van der Waals surface area contributed by atoms with Crippen molar-refractivity contribution in [2.24, 2.45) is 5.92 Å². The standard InChI is InChI=1S/C22H24N4O/c1-16-7-6-10-18(13-16)26-21(24-11-4-5-12-24)19-14-25(15-20(19)23-26)22(27)17-8-2-3-9-17/h4-7,10-13,17H,2-3,8-9,14-15H2,1H3. The number of carbonyl (C=O) groups excluding carboxylic acids is 1. The van der Waals surface area contributed by atoms with Crippen molar-refractivity contribution >= 4 is 5.91 Å². The molecule has 1 aliphatic heterocycles. The number of rotatable bonds is 3. The van der Waals surface area contributed by atoms with Crippen molar-refractivity contribution in [2.45, 2.75) is 45.7 Å². The van der Waals surface area contributed by atoms with Crippen LogP contribution in [0.4, 0.5) is 0 Å². The first kappa shape index (κ1) is 16.4. The van der Waals surface area contributed by atoms with Crippen LogP contribution in [0.3, 0.4) is 0 Å². The normalized spacial score (nSPS) is 16.9. The first-order valence-electron chi connectivity index (χ1n) is 9.80. The predicted molar refractivity (Wildman–Crippen MR) is 104 cm³/mol. The Balaban J connectivity index is 1.54. The number of aromatic nitrogens is 3. The summed E-state index contributed by atoms with van der Waals surface area (Å²) in [5.74, 6) is 1.57. The molecule has 5 heteroatoms. The highest BCUT2D eigenvalue weighted by Gasteiger charge is 2.35. The van der Waals surface area contributed by atoms with E-state index in [4.69, 9.17) is 5.10 Å². The molecule has 1 fully saturated rings. The van der Waals surface area contributed by atoms with Crippen LogP contribution in [0.15, 0.2) is 48.8 Å². The van der Waals surface area contributed by atoms with Crippen LogP contribution in [0, 0.1) is 12.8 Å². The van der Waals surface area contributed by atoms with Gasteiger partial charge in [-0.3, -0.25) is 4.79 Å². The third-order valence-corrected chi connectivity index (χ3v) is 5.84. The number of amides is 1. The van der Waals surface area contributed by atoms with Gasteiger partial charge in [-0.25, -0.2) is 4.68 Å². The van der Waals surface area contributed by atoms with Crippen LogP contribution in [0.25, 0.3) is 11.5 Å². The van der Waals surface area contributed by atoms with Crippen molar-refractivity contribution in [3.63, 3.8) is 0 Å². The van der Waals surface area contributed by atoms with E-state index >= 15 is 0 Å². The van der Waals surface area contributed by atoms with Gasteiger partial charge in [0.05, 0.1) is 24.5 Å². The lowest BCUT2D eigenvalue weighted by Gasteiger charge is -2.21. The Labute approximate surface area is 159 Å². The quantitative estimate of drug-likeness (QED) is 0.708. The molecule has 2 aliphatic rings. The number of carbonyl (C=O) groups is 1. The van der Waals surface area contributed by atoms with Crippen LogP contribution >= 0.6 is 0 Å². The van der Waals surface area contributed by atoms with Crippen molar-refractivity contribution < 1.29 is 4.79 Å². The summed E-state index contributed by atoms with van der Waals surface area (Å²) in [6.07, 6.45) is 8.55. The zero-order chi connectivity index (χ0) is 18.4. The Hall–Kier alpha value is -2.82. The summed E-state index contributed by atoms with van der Waals surface area (Å²) in [4.78, 5) is 14.9. The first-order valence-corrected chi connectivity index (χ1v) is 9.80. The molecule has 0 atom stereocenters. The van der Waals surface area contributed by atoms with Gasteiger partial charge in [0.25, 0.3) is 0 Å². The Morgan fingerprint density at radius 1 is 1.07 bits per heavy atom. The third-order valence-electron chi connectivity index (χ3n) is 5.84. The highest BCUT2D eigenvalue weighted by Crippen LogP contribution is 2.34. The van der Waals surface area contributed by atoms with Crippen molar-refractivity contribution in [1.29, 1.82) is 0 Å². The predicted octanol–water partition coefficient (Wildman–Crippen LogP) is 4.00. The van der Waals surface area contributed by atoms with E-state index in [-0.39, 0.29) is 5.92 Å². The second-order valence-corrected chi connectivity index (χ2v) is 7.77. The molecular formula is C22H24N4O. The molecule has 138 valence electrons. The summed E-state index contributed by atoms with van der Waals surface area (Å²) >= 11 is 0. The van der Waals surface area contributed by atoms with Gasteiger partial charge in [0.1, 0.15) is 5.82 Å². The van der Waals surface area contributed by atoms with Gasteiger partial charge in [-0.15, -0.1) is 0 Å². The van der Waals surface area contributed by atoms with Crippen molar-refractivity contribution in [1.82, 2.24) is 19.2 Å². The molecule has 2 aromatic heterocycles. The molecule has 1 aromatic carbocycles. The summed E-state index contributed by atoms with van der Waals surface area (Å²) in [7, 11) is 0. The number of hydrogen-bond donors (Lipinski definition) is 0. The fourth-order valence-electron chi connectivity index (χ4n) is 4.47. The Morgan fingerprint density at radius 3 is 2.59 bits per heavy atom. The highest BCUT2D eigenvalue weighted by atomic mass is 16.2. The summed E-state index contributed by atoms with van der Waals surface area (Å²) < 4.78 is 4.13. The van der Waals surface area contributed by atoms with Gasteiger partial charge >= 0.3 is 0 Å². The van der Waals surface area contributed by atoms with E-state index in [0.29, 0.717) is 19.0 Å². The lowest BCUT2D eigenvalue weighted by molar-refractivity contribution is -0.136. The molecule has 0 spiro atoms. The molecule has 3 heterocycles. The molecule has 0 unspecified atom stereocenters. The maximum Gasteiger partial charge on any atom is 0.226 e. The SMILES string of the molecule is Cc1cccc(-n2nc3c(c2-n2cccc2)CN(C(=O)C2CCCC2)C3)c1. The number of fused-ring (bicyclic) bond motifs is 1. The molecule has 0 saturated heterocycles. The van der Waals surface area contributed by atoms with Gasteiger partial charge in [0.15, 0.2) is 0 Å². The molecule has 0 N–H and O–H groups in total. The fraction of sp³-hybridized carbons (Fsp3) is 0.364. The van der Waals surface area contributed by atoms with Gasteiger partial charge in [-0.1, -0.05) is 25.0 Å². The van der Waals surface area contributed by atoms with Gasteiger partial charge in [-0.2, -0.15) is 5.10 Å². The van der Waals surface area contributed by atoms with E-state index < -0.39 is 0 Å². The molecule has 5 nitrogen and oxygen atoms in total. The number of aryl methyl sites for hydroxylation is 1. The van der Waals surface area contributed by atoms with E-state index in [2.05, 4.69) is 35.8 Å². The van der Waals surface area contributed by atoms with Gasteiger partial charge in [0, 0.05) is 23.9 Å². The lowest BCUT2D eigenvalue weighted by Crippen LogP contribution is -2.31. The van der Waals surface area contributed by atoms with Crippen LogP contribution < -0.4 is 0 Å². The monoisotopic (exact) mass is 360 g/mol. The van der Waals surface area contributed by atoms with E-state index in [1.54, 1.807) is 0 Å². The Bertz CT molecular complexity index is 980. The third kappa shape index (κ3) is 2.78. The average Bonchev–Trinajstić information content (AvgIpc) is 3.44. The Kier molecular flexibility index (Phi) is 3.88. The van der Waals surface area contributed by atoms with Crippen LogP contribution in [-0.4, -0.2) is 25.2 Å². The molecule has 1 saturated carbocycles. The van der Waals surface area contributed by atoms with Crippen LogP contribution in [0.2, 0.25) is 0 Å². The molecule has 3 aromatic rings. The lowest BCUT2D eigenvalue weighted by atomic mass is 10.1. The van der Waals surface area contributed by atoms with Crippen LogP contribution in [-0.2, 0) is 17.9 Å². The smallest absolute Gasteiger partial charge is 0.226 e. The second kappa shape index (κ2) is 6.41. The average molecular weight is 360 g/mol. The van der Waals surface area contributed by atoms with E-state index in [0.717, 1.165) is 30.0 Å². The Morgan fingerprint density at radius 2 is 1.85 bits per heavy atom. The molecular weight excluding hydrogens is 336 g/mol. The second-order valence-electron chi connectivity index (χ2n) is 7.77. The van der Waals surface area contributed by atoms with E-state index in [1.165, 1.54) is 24.0 Å². The largest absolute Gasteiger partial charge is 0.332 e. The molecule has 1 amide bonds. The van der Waals surface area contributed by atoms with Gasteiger partial charge in [0.2, 0.25) is 5.91 Å². The minimum atomic E-state index is 0.216. The van der Waals surface area contributed by atoms with Crippen molar-refractivity contribution in [2.75, 3.05) is 0 Å². The molecule has 0 radical (unpaired) electrons. The maximum absolute atomic E-state index is 12.9. The minimum absolute atomic E-state index is 0.216. The molecule has 0 bridgehead atoms. The molecule has 27 heavy (non-hydrogen) atoms. The summed E-state index contributed by atoms with van der Waals surface area (Å²) in [6, 6.07) is 12.4. The van der Waals surface area contributed by atoms with Gasteiger partial charge < -0.3 is 9.47 Å². The summed E-state index contributed by atoms with van der Waals surface area (Å²) in [5, 5.41) is 4.92. The van der Waals surface area contributed by atoms with Gasteiger partial charge in [-0.05, 0) is 49.6 Å². The van der Waals surface area contributed by atoms with E-state index in [9.17, 15) is 4.79 Å². The zero-order valence-electron chi connectivity index (χ0n) is 15.6. The first-order chi connectivity index (χ1) is 13.2. The van der Waals surface area contributed by atoms with E-state index in [1.807, 2.05) is 34.1 Å². The van der Waals surface area contributed by atoms with Crippen molar-refractivity contribution in [3.05, 3.63) is 65.6 Å². The zero-order valence-corrected chi connectivity index (χ0v) is 15.6. The van der Waals surface area contributed by atoms with Crippen LogP contribution in [0.5, 0.6) is 0 Å². The summed E-state index contributed by atoms with van der Waals surface area (Å²) in [5.41, 5.74) is 4.45. The molecule has 5 rings (SSSR count). The van der Waals surface area contributed by atoms with Crippen LogP contribution in [0.1, 0.15) is 42.5 Å². The topological polar surface area (TPSA) is 43.1 Å². The fourth-order valence-corrected chi connectivity index (χ4v) is 4.47.